The van der Waals surface area contributed by atoms with Gasteiger partial charge in [-0.1, -0.05) is 0 Å². The van der Waals surface area contributed by atoms with E-state index in [9.17, 15) is 4.79 Å². The highest BCUT2D eigenvalue weighted by Gasteiger charge is 2.25. The lowest BCUT2D eigenvalue weighted by molar-refractivity contribution is -0.139. The maximum absolute atomic E-state index is 11.0. The second-order valence-electron chi connectivity index (χ2n) is 2.83. The lowest BCUT2D eigenvalue weighted by Gasteiger charge is -2.24. The number of aliphatic hydroxyl groups is 1. The van der Waals surface area contributed by atoms with E-state index in [1.807, 2.05) is 0 Å². The predicted octanol–water partition coefficient (Wildman–Crippen LogP) is -0.870. The molecular formula is C7H13NO3. The summed E-state index contributed by atoms with van der Waals surface area (Å²) < 4.78 is 4.84. The molecule has 1 heterocycles. The van der Waals surface area contributed by atoms with Gasteiger partial charge < -0.3 is 15.2 Å². The Hall–Kier alpha value is -0.610. The maximum Gasteiger partial charge on any atom is 0.227 e. The van der Waals surface area contributed by atoms with Gasteiger partial charge in [0.25, 0.3) is 0 Å². The van der Waals surface area contributed by atoms with E-state index in [4.69, 9.17) is 9.84 Å². The summed E-state index contributed by atoms with van der Waals surface area (Å²) in [4.78, 5) is 11.0. The number of aliphatic hydroxyl groups excluding tert-OH is 1. The molecule has 1 aliphatic rings. The highest BCUT2D eigenvalue weighted by Crippen LogP contribution is 2.08. The van der Waals surface area contributed by atoms with E-state index < -0.39 is 6.10 Å². The smallest absolute Gasteiger partial charge is 0.227 e. The zero-order valence-corrected chi connectivity index (χ0v) is 6.54. The summed E-state index contributed by atoms with van der Waals surface area (Å²) in [6.07, 6.45) is -0.472. The molecule has 0 aliphatic carbocycles. The fourth-order valence-corrected chi connectivity index (χ4v) is 0.780. The van der Waals surface area contributed by atoms with Crippen molar-refractivity contribution in [3.63, 3.8) is 0 Å². The third-order valence-corrected chi connectivity index (χ3v) is 1.58. The Kier molecular flexibility index (Phi) is 2.84. The van der Waals surface area contributed by atoms with Crippen LogP contribution in [0.2, 0.25) is 0 Å². The van der Waals surface area contributed by atoms with Gasteiger partial charge in [0, 0.05) is 6.54 Å². The molecule has 0 aromatic rings. The Morgan fingerprint density at radius 3 is 2.82 bits per heavy atom. The second kappa shape index (κ2) is 3.69. The summed E-state index contributed by atoms with van der Waals surface area (Å²) >= 11 is 0. The maximum atomic E-state index is 11.0. The first kappa shape index (κ1) is 8.49. The van der Waals surface area contributed by atoms with Gasteiger partial charge in [-0.2, -0.15) is 0 Å². The monoisotopic (exact) mass is 159 g/mol. The summed E-state index contributed by atoms with van der Waals surface area (Å²) in [7, 11) is 0. The minimum absolute atomic E-state index is 0.00810. The summed E-state index contributed by atoms with van der Waals surface area (Å²) in [6, 6.07) is 0. The minimum Gasteiger partial charge on any atom is -0.392 e. The van der Waals surface area contributed by atoms with Gasteiger partial charge in [-0.25, -0.2) is 0 Å². The molecule has 1 fully saturated rings. The van der Waals surface area contributed by atoms with Gasteiger partial charge in [0.1, 0.15) is 0 Å². The van der Waals surface area contributed by atoms with E-state index in [1.165, 1.54) is 0 Å². The second-order valence-corrected chi connectivity index (χ2v) is 2.83. The molecule has 64 valence electrons. The highest BCUT2D eigenvalue weighted by molar-refractivity contribution is 5.79. The van der Waals surface area contributed by atoms with Crippen molar-refractivity contribution in [2.24, 2.45) is 5.92 Å². The standard InChI is InChI=1S/C7H13NO3/c1-5(9)2-8-7(10)6-3-11-4-6/h5-6,9H,2-4H2,1H3,(H,8,10). The molecule has 1 rings (SSSR count). The van der Waals surface area contributed by atoms with E-state index in [0.717, 1.165) is 0 Å². The average molecular weight is 159 g/mol. The van der Waals surface area contributed by atoms with Gasteiger partial charge in [-0.05, 0) is 6.92 Å². The van der Waals surface area contributed by atoms with Crippen LogP contribution in [-0.4, -0.2) is 36.9 Å². The first-order valence-electron chi connectivity index (χ1n) is 3.73. The number of carbonyl (C=O) groups is 1. The molecule has 0 spiro atoms. The Morgan fingerprint density at radius 2 is 2.45 bits per heavy atom. The van der Waals surface area contributed by atoms with Crippen LogP contribution in [0, 0.1) is 5.92 Å². The van der Waals surface area contributed by atoms with Crippen molar-refractivity contribution >= 4 is 5.91 Å². The predicted molar refractivity (Wildman–Crippen MR) is 39.0 cm³/mol. The molecule has 4 nitrogen and oxygen atoms in total. The van der Waals surface area contributed by atoms with Crippen LogP contribution in [0.4, 0.5) is 0 Å². The van der Waals surface area contributed by atoms with Gasteiger partial charge in [-0.15, -0.1) is 0 Å². The molecule has 11 heavy (non-hydrogen) atoms. The normalized spacial score (nSPS) is 20.5. The van der Waals surface area contributed by atoms with Crippen LogP contribution in [0.15, 0.2) is 0 Å². The number of rotatable bonds is 3. The molecule has 1 atom stereocenters. The lowest BCUT2D eigenvalue weighted by atomic mass is 10.1. The molecule has 0 aromatic carbocycles. The number of hydrogen-bond acceptors (Lipinski definition) is 3. The van der Waals surface area contributed by atoms with Crippen molar-refractivity contribution in [2.45, 2.75) is 13.0 Å². The number of nitrogens with one attached hydrogen (secondary N) is 1. The molecule has 0 aromatic heterocycles. The number of amides is 1. The quantitative estimate of drug-likeness (QED) is 0.562. The molecule has 1 unspecified atom stereocenters. The van der Waals surface area contributed by atoms with Crippen molar-refractivity contribution < 1.29 is 14.6 Å². The van der Waals surface area contributed by atoms with Crippen LogP contribution < -0.4 is 5.32 Å². The number of hydrogen-bond donors (Lipinski definition) is 2. The molecule has 1 saturated heterocycles. The SMILES string of the molecule is CC(O)CNC(=O)C1COC1. The minimum atomic E-state index is -0.472. The highest BCUT2D eigenvalue weighted by atomic mass is 16.5. The Balaban J connectivity index is 2.10. The largest absolute Gasteiger partial charge is 0.392 e. The first-order chi connectivity index (χ1) is 5.20. The fourth-order valence-electron chi connectivity index (χ4n) is 0.780. The molecule has 1 amide bonds. The third kappa shape index (κ3) is 2.48. The molecule has 0 radical (unpaired) electrons. The van der Waals surface area contributed by atoms with Gasteiger partial charge in [0.05, 0.1) is 25.2 Å². The summed E-state index contributed by atoms with van der Waals surface area (Å²) in [5.41, 5.74) is 0. The average Bonchev–Trinajstić information content (AvgIpc) is 1.79. The molecule has 4 heteroatoms. The van der Waals surface area contributed by atoms with Crippen molar-refractivity contribution in [3.8, 4) is 0 Å². The van der Waals surface area contributed by atoms with Gasteiger partial charge >= 0.3 is 0 Å². The first-order valence-corrected chi connectivity index (χ1v) is 3.73. The van der Waals surface area contributed by atoms with Crippen molar-refractivity contribution in [3.05, 3.63) is 0 Å². The van der Waals surface area contributed by atoms with Gasteiger partial charge in [-0.3, -0.25) is 4.79 Å². The Bertz CT molecular complexity index is 143. The molecule has 0 saturated carbocycles. The molecular weight excluding hydrogens is 146 g/mol. The van der Waals surface area contributed by atoms with E-state index in [1.54, 1.807) is 6.92 Å². The van der Waals surface area contributed by atoms with Crippen LogP contribution in [0.5, 0.6) is 0 Å². The Labute approximate surface area is 65.5 Å². The van der Waals surface area contributed by atoms with Gasteiger partial charge in [0.15, 0.2) is 0 Å². The van der Waals surface area contributed by atoms with Gasteiger partial charge in [0.2, 0.25) is 5.91 Å². The van der Waals surface area contributed by atoms with Crippen LogP contribution in [0.3, 0.4) is 0 Å². The van der Waals surface area contributed by atoms with Crippen molar-refractivity contribution in [1.29, 1.82) is 0 Å². The van der Waals surface area contributed by atoms with Crippen molar-refractivity contribution in [1.82, 2.24) is 5.32 Å². The zero-order chi connectivity index (χ0) is 8.27. The number of ether oxygens (including phenoxy) is 1. The van der Waals surface area contributed by atoms with Crippen LogP contribution in [-0.2, 0) is 9.53 Å². The topological polar surface area (TPSA) is 58.6 Å². The van der Waals surface area contributed by atoms with Crippen LogP contribution >= 0.6 is 0 Å². The molecule has 1 aliphatic heterocycles. The van der Waals surface area contributed by atoms with E-state index in [0.29, 0.717) is 19.8 Å². The summed E-state index contributed by atoms with van der Waals surface area (Å²) in [5.74, 6) is -0.00843. The Morgan fingerprint density at radius 1 is 1.82 bits per heavy atom. The van der Waals surface area contributed by atoms with E-state index in [-0.39, 0.29) is 11.8 Å². The number of carbonyl (C=O) groups excluding carboxylic acids is 1. The van der Waals surface area contributed by atoms with E-state index in [2.05, 4.69) is 5.32 Å². The zero-order valence-electron chi connectivity index (χ0n) is 6.54. The molecule has 0 bridgehead atoms. The van der Waals surface area contributed by atoms with Crippen molar-refractivity contribution in [2.75, 3.05) is 19.8 Å². The van der Waals surface area contributed by atoms with Crippen LogP contribution in [0.1, 0.15) is 6.92 Å². The summed E-state index contributed by atoms with van der Waals surface area (Å²) in [5, 5.41) is 11.4. The fraction of sp³-hybridized carbons (Fsp3) is 0.857. The van der Waals surface area contributed by atoms with Crippen LogP contribution in [0.25, 0.3) is 0 Å². The van der Waals surface area contributed by atoms with E-state index >= 15 is 0 Å². The summed E-state index contributed by atoms with van der Waals surface area (Å²) in [6.45, 7) is 3.00. The third-order valence-electron chi connectivity index (χ3n) is 1.58. The molecule has 2 N–H and O–H groups in total. The lowest BCUT2D eigenvalue weighted by Crippen LogP contribution is -2.44.